The minimum absolute atomic E-state index is 0.0570. The predicted octanol–water partition coefficient (Wildman–Crippen LogP) is 4.66. The molecular formula is C16H21N3O2S. The van der Waals surface area contributed by atoms with Gasteiger partial charge >= 0.3 is 6.09 Å². The average Bonchev–Trinajstić information content (AvgIpc) is 2.92. The van der Waals surface area contributed by atoms with Gasteiger partial charge in [-0.05, 0) is 39.8 Å². The lowest BCUT2D eigenvalue weighted by molar-refractivity contribution is 0.0636. The fourth-order valence-electron chi connectivity index (χ4n) is 1.87. The molecule has 0 bridgehead atoms. The monoisotopic (exact) mass is 319 g/mol. The number of thiazole rings is 1. The lowest BCUT2D eigenvalue weighted by Gasteiger charge is -2.21. The summed E-state index contributed by atoms with van der Waals surface area (Å²) in [6, 6.07) is 7.59. The second-order valence-corrected chi connectivity index (χ2v) is 6.83. The molecule has 0 aliphatic heterocycles. The van der Waals surface area contributed by atoms with Gasteiger partial charge in [0, 0.05) is 11.6 Å². The highest BCUT2D eigenvalue weighted by atomic mass is 32.1. The van der Waals surface area contributed by atoms with Crippen LogP contribution in [0.2, 0.25) is 0 Å². The first kappa shape index (κ1) is 16.3. The number of nitrogens with one attached hydrogen (secondary N) is 2. The van der Waals surface area contributed by atoms with Crippen LogP contribution in [0.15, 0.2) is 35.8 Å². The highest BCUT2D eigenvalue weighted by Crippen LogP contribution is 2.27. The molecule has 2 rings (SSSR count). The van der Waals surface area contributed by atoms with E-state index in [1.807, 2.05) is 57.3 Å². The highest BCUT2D eigenvalue weighted by Gasteiger charge is 2.17. The summed E-state index contributed by atoms with van der Waals surface area (Å²) in [6.45, 7) is 7.53. The van der Waals surface area contributed by atoms with Crippen molar-refractivity contribution in [2.45, 2.75) is 39.3 Å². The van der Waals surface area contributed by atoms with E-state index in [0.717, 1.165) is 10.7 Å². The first-order valence-electron chi connectivity index (χ1n) is 7.10. The van der Waals surface area contributed by atoms with Gasteiger partial charge < -0.3 is 10.1 Å². The third-order valence-corrected chi connectivity index (χ3v) is 3.71. The van der Waals surface area contributed by atoms with Crippen molar-refractivity contribution >= 4 is 28.8 Å². The van der Waals surface area contributed by atoms with E-state index in [0.29, 0.717) is 5.69 Å². The van der Waals surface area contributed by atoms with Crippen molar-refractivity contribution in [3.05, 3.63) is 40.8 Å². The Labute approximate surface area is 134 Å². The number of carbonyl (C=O) groups excluding carboxylic acids is 1. The molecule has 1 heterocycles. The largest absolute Gasteiger partial charge is 0.444 e. The number of hydrogen-bond donors (Lipinski definition) is 2. The first-order valence-corrected chi connectivity index (χ1v) is 7.98. The Hall–Kier alpha value is -2.08. The summed E-state index contributed by atoms with van der Waals surface area (Å²) in [7, 11) is 0. The van der Waals surface area contributed by atoms with Gasteiger partial charge in [-0.3, -0.25) is 5.32 Å². The van der Waals surface area contributed by atoms with E-state index in [9.17, 15) is 4.79 Å². The Bertz CT molecular complexity index is 621. The molecular weight excluding hydrogens is 298 g/mol. The van der Waals surface area contributed by atoms with E-state index in [4.69, 9.17) is 4.74 Å². The summed E-state index contributed by atoms with van der Waals surface area (Å²) < 4.78 is 5.29. The summed E-state index contributed by atoms with van der Waals surface area (Å²) in [5.74, 6) is 0. The van der Waals surface area contributed by atoms with Crippen molar-refractivity contribution in [2.24, 2.45) is 0 Å². The molecule has 118 valence electrons. The maximum absolute atomic E-state index is 11.9. The Balaban J connectivity index is 2.08. The van der Waals surface area contributed by atoms with Crippen LogP contribution in [-0.4, -0.2) is 16.7 Å². The molecule has 1 amide bonds. The lowest BCUT2D eigenvalue weighted by Crippen LogP contribution is -2.27. The summed E-state index contributed by atoms with van der Waals surface area (Å²) in [5, 5.41) is 9.07. The van der Waals surface area contributed by atoms with Crippen LogP contribution in [0.5, 0.6) is 0 Å². The van der Waals surface area contributed by atoms with E-state index in [1.165, 1.54) is 0 Å². The van der Waals surface area contributed by atoms with Crippen molar-refractivity contribution in [3.8, 4) is 0 Å². The van der Waals surface area contributed by atoms with Gasteiger partial charge in [-0.2, -0.15) is 0 Å². The zero-order chi connectivity index (χ0) is 16.2. The fourth-order valence-corrected chi connectivity index (χ4v) is 2.52. The number of rotatable bonds is 4. The van der Waals surface area contributed by atoms with Crippen LogP contribution in [0.4, 0.5) is 16.2 Å². The molecule has 2 N–H and O–H groups in total. The number of carbonyl (C=O) groups is 1. The van der Waals surface area contributed by atoms with Crippen LogP contribution in [0, 0.1) is 0 Å². The van der Waals surface area contributed by atoms with Crippen molar-refractivity contribution in [1.29, 1.82) is 0 Å². The third-order valence-electron chi connectivity index (χ3n) is 2.76. The van der Waals surface area contributed by atoms with Crippen LogP contribution in [0.25, 0.3) is 0 Å². The SMILES string of the molecule is CC(Nc1ccccc1NC(=O)OC(C)(C)C)c1nccs1. The minimum atomic E-state index is -0.527. The number of ether oxygens (including phenoxy) is 1. The number of benzene rings is 1. The number of amides is 1. The molecule has 0 aliphatic rings. The minimum Gasteiger partial charge on any atom is -0.444 e. The Morgan fingerprint density at radius 2 is 1.95 bits per heavy atom. The summed E-state index contributed by atoms with van der Waals surface area (Å²) in [4.78, 5) is 16.2. The molecule has 0 radical (unpaired) electrons. The topological polar surface area (TPSA) is 63.2 Å². The normalized spacial score (nSPS) is 12.5. The number of anilines is 2. The molecule has 1 atom stereocenters. The van der Waals surface area contributed by atoms with Crippen LogP contribution in [0.1, 0.15) is 38.7 Å². The average molecular weight is 319 g/mol. The molecule has 1 unspecified atom stereocenters. The lowest BCUT2D eigenvalue weighted by atomic mass is 10.2. The number of nitrogens with zero attached hydrogens (tertiary/aromatic N) is 1. The summed E-state index contributed by atoms with van der Waals surface area (Å²) in [5.41, 5.74) is 0.983. The molecule has 0 saturated carbocycles. The van der Waals surface area contributed by atoms with Gasteiger partial charge in [0.25, 0.3) is 0 Å². The third kappa shape index (κ3) is 4.73. The summed E-state index contributed by atoms with van der Waals surface area (Å²) >= 11 is 1.59. The Morgan fingerprint density at radius 3 is 2.55 bits per heavy atom. The molecule has 0 fully saturated rings. The molecule has 0 spiro atoms. The maximum Gasteiger partial charge on any atom is 0.412 e. The van der Waals surface area contributed by atoms with Gasteiger partial charge in [-0.1, -0.05) is 12.1 Å². The molecule has 1 aromatic carbocycles. The maximum atomic E-state index is 11.9. The molecule has 5 nitrogen and oxygen atoms in total. The molecule has 0 aliphatic carbocycles. The van der Waals surface area contributed by atoms with Crippen LogP contribution >= 0.6 is 11.3 Å². The van der Waals surface area contributed by atoms with Gasteiger partial charge in [-0.15, -0.1) is 11.3 Å². The predicted molar refractivity (Wildman–Crippen MR) is 90.5 cm³/mol. The van der Waals surface area contributed by atoms with E-state index in [1.54, 1.807) is 17.5 Å². The molecule has 2 aromatic rings. The van der Waals surface area contributed by atoms with E-state index >= 15 is 0 Å². The zero-order valence-electron chi connectivity index (χ0n) is 13.2. The first-order chi connectivity index (χ1) is 10.3. The second-order valence-electron chi connectivity index (χ2n) is 5.91. The van der Waals surface area contributed by atoms with Crippen molar-refractivity contribution in [3.63, 3.8) is 0 Å². The zero-order valence-corrected chi connectivity index (χ0v) is 14.0. The van der Waals surface area contributed by atoms with Gasteiger partial charge in [0.05, 0.1) is 17.4 Å². The van der Waals surface area contributed by atoms with E-state index in [2.05, 4.69) is 15.6 Å². The highest BCUT2D eigenvalue weighted by molar-refractivity contribution is 7.09. The molecule has 22 heavy (non-hydrogen) atoms. The van der Waals surface area contributed by atoms with Crippen molar-refractivity contribution in [2.75, 3.05) is 10.6 Å². The smallest absolute Gasteiger partial charge is 0.412 e. The van der Waals surface area contributed by atoms with E-state index in [-0.39, 0.29) is 6.04 Å². The fraction of sp³-hybridized carbons (Fsp3) is 0.375. The van der Waals surface area contributed by atoms with Crippen molar-refractivity contribution < 1.29 is 9.53 Å². The Morgan fingerprint density at radius 1 is 1.27 bits per heavy atom. The van der Waals surface area contributed by atoms with E-state index < -0.39 is 11.7 Å². The number of hydrogen-bond acceptors (Lipinski definition) is 5. The number of para-hydroxylation sites is 2. The summed E-state index contributed by atoms with van der Waals surface area (Å²) in [6.07, 6.45) is 1.31. The molecule has 1 aromatic heterocycles. The van der Waals surface area contributed by atoms with Crippen LogP contribution in [0.3, 0.4) is 0 Å². The van der Waals surface area contributed by atoms with Crippen LogP contribution < -0.4 is 10.6 Å². The second kappa shape index (κ2) is 6.79. The van der Waals surface area contributed by atoms with Gasteiger partial charge in [0.1, 0.15) is 10.6 Å². The molecule has 6 heteroatoms. The van der Waals surface area contributed by atoms with Gasteiger partial charge in [0.15, 0.2) is 0 Å². The standard InChI is InChI=1S/C16H21N3O2S/c1-11(14-17-9-10-22-14)18-12-7-5-6-8-13(12)19-15(20)21-16(2,3)4/h5-11,18H,1-4H3,(H,19,20). The van der Waals surface area contributed by atoms with Crippen LogP contribution in [-0.2, 0) is 4.74 Å². The van der Waals surface area contributed by atoms with Crippen molar-refractivity contribution in [1.82, 2.24) is 4.98 Å². The number of aromatic nitrogens is 1. The quantitative estimate of drug-likeness (QED) is 0.860. The van der Waals surface area contributed by atoms with Gasteiger partial charge in [-0.25, -0.2) is 9.78 Å². The van der Waals surface area contributed by atoms with Gasteiger partial charge in [0.2, 0.25) is 0 Å². The molecule has 0 saturated heterocycles. The Kier molecular flexibility index (Phi) is 5.03.